The summed E-state index contributed by atoms with van der Waals surface area (Å²) >= 11 is 1.73. The topological polar surface area (TPSA) is 63.5 Å². The van der Waals surface area contributed by atoms with Gasteiger partial charge in [0.2, 0.25) is 0 Å². The number of hydrogen-bond donors (Lipinski definition) is 2. The number of thioether (sulfide) groups is 1. The molecule has 3 aromatic carbocycles. The lowest BCUT2D eigenvalue weighted by molar-refractivity contribution is 0.0684. The number of fused-ring (bicyclic) bond motifs is 1. The molecule has 2 N–H and O–H groups in total. The van der Waals surface area contributed by atoms with E-state index in [1.165, 1.54) is 16.0 Å². The summed E-state index contributed by atoms with van der Waals surface area (Å²) in [6.07, 6.45) is 2.95. The highest BCUT2D eigenvalue weighted by molar-refractivity contribution is 7.98. The number of nitrogens with one attached hydrogen (secondary N) is 1. The molecule has 1 aromatic heterocycles. The maximum atomic E-state index is 12.4. The normalized spacial score (nSPS) is 11.1. The number of methoxy groups -OCH3 is 1. The number of carboxylic acid groups (broad SMARTS) is 1. The molecule has 0 aliphatic carbocycles. The van der Waals surface area contributed by atoms with E-state index in [0.29, 0.717) is 24.5 Å². The van der Waals surface area contributed by atoms with Crippen molar-refractivity contribution in [2.45, 2.75) is 31.3 Å². The highest BCUT2D eigenvalue weighted by Gasteiger charge is 2.22. The molecule has 1 heterocycles. The van der Waals surface area contributed by atoms with Crippen LogP contribution in [-0.4, -0.2) is 35.6 Å². The van der Waals surface area contributed by atoms with E-state index in [1.807, 2.05) is 41.8 Å². The predicted molar refractivity (Wildman–Crippen MR) is 139 cm³/mol. The van der Waals surface area contributed by atoms with E-state index in [1.54, 1.807) is 18.9 Å². The molecule has 34 heavy (non-hydrogen) atoms. The number of benzene rings is 3. The summed E-state index contributed by atoms with van der Waals surface area (Å²) < 4.78 is 7.33. The summed E-state index contributed by atoms with van der Waals surface area (Å²) in [5.41, 5.74) is 5.47. The summed E-state index contributed by atoms with van der Waals surface area (Å²) in [7, 11) is 1.63. The lowest BCUT2D eigenvalue weighted by Gasteiger charge is -2.11. The number of hydrogen-bond acceptors (Lipinski definition) is 4. The smallest absolute Gasteiger partial charge is 0.352 e. The van der Waals surface area contributed by atoms with E-state index in [4.69, 9.17) is 4.74 Å². The van der Waals surface area contributed by atoms with Crippen LogP contribution >= 0.6 is 11.8 Å². The minimum atomic E-state index is -0.924. The zero-order chi connectivity index (χ0) is 24.1. The minimum Gasteiger partial charge on any atom is -0.497 e. The third-order valence-corrected chi connectivity index (χ3v) is 6.84. The first-order valence-electron chi connectivity index (χ1n) is 11.3. The molecule has 0 unspecified atom stereocenters. The van der Waals surface area contributed by atoms with Crippen LogP contribution in [0.3, 0.4) is 0 Å². The van der Waals surface area contributed by atoms with Gasteiger partial charge in [-0.25, -0.2) is 4.79 Å². The molecular formula is C28H30N2O3S. The van der Waals surface area contributed by atoms with Crippen molar-refractivity contribution < 1.29 is 14.6 Å². The van der Waals surface area contributed by atoms with Gasteiger partial charge in [-0.15, -0.1) is 11.8 Å². The Morgan fingerprint density at radius 3 is 2.38 bits per heavy atom. The molecule has 5 nitrogen and oxygen atoms in total. The van der Waals surface area contributed by atoms with Crippen LogP contribution in [0, 0.1) is 6.92 Å². The van der Waals surface area contributed by atoms with Crippen molar-refractivity contribution in [3.8, 4) is 5.75 Å². The van der Waals surface area contributed by atoms with Gasteiger partial charge in [-0.3, -0.25) is 0 Å². The molecule has 4 rings (SSSR count). The van der Waals surface area contributed by atoms with Crippen molar-refractivity contribution in [3.63, 3.8) is 0 Å². The van der Waals surface area contributed by atoms with Gasteiger partial charge in [0.05, 0.1) is 12.6 Å². The van der Waals surface area contributed by atoms with Crippen molar-refractivity contribution >= 4 is 28.6 Å². The monoisotopic (exact) mass is 474 g/mol. The predicted octanol–water partition coefficient (Wildman–Crippen LogP) is 5.76. The van der Waals surface area contributed by atoms with Gasteiger partial charge in [-0.1, -0.05) is 42.0 Å². The van der Waals surface area contributed by atoms with E-state index in [-0.39, 0.29) is 0 Å². The van der Waals surface area contributed by atoms with Crippen molar-refractivity contribution in [1.29, 1.82) is 0 Å². The zero-order valence-electron chi connectivity index (χ0n) is 19.8. The maximum absolute atomic E-state index is 12.4. The summed E-state index contributed by atoms with van der Waals surface area (Å²) in [6.45, 7) is 3.77. The summed E-state index contributed by atoms with van der Waals surface area (Å²) in [5, 5.41) is 14.6. The molecule has 4 aromatic rings. The molecule has 0 atom stereocenters. The highest BCUT2D eigenvalue weighted by Crippen LogP contribution is 2.31. The van der Waals surface area contributed by atoms with Crippen LogP contribution < -0.4 is 10.1 Å². The van der Waals surface area contributed by atoms with E-state index in [0.717, 1.165) is 35.0 Å². The number of carbonyl (C=O) groups is 1. The molecule has 0 amide bonds. The Morgan fingerprint density at radius 2 is 1.74 bits per heavy atom. The summed E-state index contributed by atoms with van der Waals surface area (Å²) in [5.74, 6) is -0.216. The summed E-state index contributed by atoms with van der Waals surface area (Å²) in [4.78, 5) is 13.7. The van der Waals surface area contributed by atoms with E-state index >= 15 is 0 Å². The molecule has 0 saturated heterocycles. The van der Waals surface area contributed by atoms with Gasteiger partial charge in [0.25, 0.3) is 0 Å². The van der Waals surface area contributed by atoms with Crippen LogP contribution in [0.5, 0.6) is 5.75 Å². The largest absolute Gasteiger partial charge is 0.497 e. The maximum Gasteiger partial charge on any atom is 0.352 e. The number of aryl methyl sites for hydroxylation is 1. The molecule has 0 saturated carbocycles. The van der Waals surface area contributed by atoms with Gasteiger partial charge in [-0.2, -0.15) is 0 Å². The first-order valence-corrected chi connectivity index (χ1v) is 12.5. The van der Waals surface area contributed by atoms with Gasteiger partial charge in [0.1, 0.15) is 11.4 Å². The number of carboxylic acids is 1. The number of nitrogens with zero attached hydrogens (tertiary/aromatic N) is 1. The Bertz CT molecular complexity index is 1280. The van der Waals surface area contributed by atoms with Gasteiger partial charge in [0, 0.05) is 35.0 Å². The number of aromatic nitrogens is 1. The summed E-state index contributed by atoms with van der Waals surface area (Å²) in [6, 6.07) is 22.5. The van der Waals surface area contributed by atoms with Crippen molar-refractivity contribution in [2.24, 2.45) is 0 Å². The zero-order valence-corrected chi connectivity index (χ0v) is 20.6. The van der Waals surface area contributed by atoms with E-state index in [2.05, 4.69) is 48.0 Å². The second-order valence-electron chi connectivity index (χ2n) is 8.36. The van der Waals surface area contributed by atoms with Crippen LogP contribution in [0.15, 0.2) is 71.6 Å². The molecule has 0 spiro atoms. The lowest BCUT2D eigenvalue weighted by Crippen LogP contribution is -2.19. The minimum absolute atomic E-state index is 0.320. The standard InChI is InChI=1S/C28H30N2O3S/c1-19-4-6-21(7-5-19)18-30-26-16-22(33-2)10-13-24(26)25(27(30)28(31)32)17-29-15-14-20-8-11-23(34-3)12-9-20/h4-13,16,29H,14-15,17-18H2,1-3H3,(H,31,32). The quantitative estimate of drug-likeness (QED) is 0.226. The van der Waals surface area contributed by atoms with E-state index in [9.17, 15) is 9.90 Å². The molecule has 0 bridgehead atoms. The number of aromatic carboxylic acids is 1. The molecule has 0 radical (unpaired) electrons. The molecule has 0 fully saturated rings. The first kappa shape index (κ1) is 23.9. The third-order valence-electron chi connectivity index (χ3n) is 6.09. The fraction of sp³-hybridized carbons (Fsp3) is 0.250. The van der Waals surface area contributed by atoms with Crippen LogP contribution in [0.25, 0.3) is 10.9 Å². The van der Waals surface area contributed by atoms with Gasteiger partial charge >= 0.3 is 5.97 Å². The van der Waals surface area contributed by atoms with Gasteiger partial charge in [-0.05, 0) is 61.5 Å². The van der Waals surface area contributed by atoms with Gasteiger partial charge in [0.15, 0.2) is 0 Å². The Kier molecular flexibility index (Phi) is 7.60. The van der Waals surface area contributed by atoms with Crippen LogP contribution in [0.4, 0.5) is 0 Å². The Hall–Kier alpha value is -3.22. The lowest BCUT2D eigenvalue weighted by atomic mass is 10.1. The van der Waals surface area contributed by atoms with Crippen LogP contribution in [-0.2, 0) is 19.5 Å². The Morgan fingerprint density at radius 1 is 1.03 bits per heavy atom. The Labute approximate surface area is 204 Å². The Balaban J connectivity index is 1.62. The average Bonchev–Trinajstić information content (AvgIpc) is 3.16. The number of rotatable bonds is 10. The molecule has 6 heteroatoms. The van der Waals surface area contributed by atoms with E-state index < -0.39 is 5.97 Å². The number of ether oxygens (including phenoxy) is 1. The third kappa shape index (κ3) is 5.29. The molecule has 0 aliphatic rings. The first-order chi connectivity index (χ1) is 16.5. The van der Waals surface area contributed by atoms with Crippen molar-refractivity contribution in [2.75, 3.05) is 19.9 Å². The second kappa shape index (κ2) is 10.8. The molecular weight excluding hydrogens is 444 g/mol. The fourth-order valence-electron chi connectivity index (χ4n) is 4.23. The second-order valence-corrected chi connectivity index (χ2v) is 9.24. The van der Waals surface area contributed by atoms with Crippen molar-refractivity contribution in [3.05, 3.63) is 94.7 Å². The molecule has 0 aliphatic heterocycles. The van der Waals surface area contributed by atoms with Crippen molar-refractivity contribution in [1.82, 2.24) is 9.88 Å². The van der Waals surface area contributed by atoms with Crippen LogP contribution in [0.1, 0.15) is 32.7 Å². The molecule has 176 valence electrons. The highest BCUT2D eigenvalue weighted by atomic mass is 32.2. The SMILES string of the molecule is COc1ccc2c(CNCCc3ccc(SC)cc3)c(C(=O)O)n(Cc3ccc(C)cc3)c2c1. The average molecular weight is 475 g/mol. The fourth-order valence-corrected chi connectivity index (χ4v) is 4.64. The van der Waals surface area contributed by atoms with Crippen LogP contribution in [0.2, 0.25) is 0 Å². The van der Waals surface area contributed by atoms with Gasteiger partial charge < -0.3 is 19.7 Å².